The van der Waals surface area contributed by atoms with Crippen LogP contribution in [0.1, 0.15) is 96.3 Å². The van der Waals surface area contributed by atoms with Gasteiger partial charge in [0.05, 0.1) is 0 Å². The molecule has 0 aromatic carbocycles. The molecular weight excluding hydrogens is 252 g/mol. The molecule has 0 heterocycles. The van der Waals surface area contributed by atoms with Crippen LogP contribution in [0.3, 0.4) is 0 Å². The van der Waals surface area contributed by atoms with E-state index in [-0.39, 0.29) is 0 Å². The van der Waals surface area contributed by atoms with Crippen LogP contribution in [0.25, 0.3) is 0 Å². The Labute approximate surface area is 132 Å². The van der Waals surface area contributed by atoms with E-state index in [0.717, 1.165) is 17.8 Å². The summed E-state index contributed by atoms with van der Waals surface area (Å²) in [6.45, 7) is 4.46. The van der Waals surface area contributed by atoms with Crippen molar-refractivity contribution in [2.45, 2.75) is 96.3 Å². The second kappa shape index (κ2) is 7.34. The van der Waals surface area contributed by atoms with Crippen LogP contribution in [0.5, 0.6) is 0 Å². The highest BCUT2D eigenvalue weighted by atomic mass is 14.5. The maximum absolute atomic E-state index is 4.46. The lowest BCUT2D eigenvalue weighted by atomic mass is 9.51. The normalized spacial score (nSPS) is 27.6. The van der Waals surface area contributed by atoms with Gasteiger partial charge in [-0.25, -0.2) is 0 Å². The Balaban J connectivity index is 1.87. The second-order valence-electron chi connectivity index (χ2n) is 8.21. The van der Waals surface area contributed by atoms with Crippen molar-refractivity contribution in [2.75, 3.05) is 0 Å². The molecule has 0 amide bonds. The van der Waals surface area contributed by atoms with Gasteiger partial charge < -0.3 is 0 Å². The Hall–Kier alpha value is -0.260. The van der Waals surface area contributed by atoms with Crippen LogP contribution in [0.4, 0.5) is 0 Å². The van der Waals surface area contributed by atoms with Gasteiger partial charge in [-0.05, 0) is 61.7 Å². The first kappa shape index (κ1) is 15.6. The molecule has 0 heteroatoms. The molecular formula is C21H36. The zero-order valence-electron chi connectivity index (χ0n) is 14.1. The molecule has 0 nitrogen and oxygen atoms in total. The minimum atomic E-state index is 0.515. The quantitative estimate of drug-likeness (QED) is 0.493. The van der Waals surface area contributed by atoms with Crippen LogP contribution in [0, 0.1) is 23.2 Å². The molecule has 3 aliphatic carbocycles. The van der Waals surface area contributed by atoms with E-state index in [1.807, 2.05) is 0 Å². The summed E-state index contributed by atoms with van der Waals surface area (Å²) in [5.74, 6) is 2.90. The van der Waals surface area contributed by atoms with Gasteiger partial charge in [0, 0.05) is 0 Å². The van der Waals surface area contributed by atoms with Crippen LogP contribution < -0.4 is 0 Å². The molecule has 0 aromatic rings. The van der Waals surface area contributed by atoms with E-state index < -0.39 is 0 Å². The van der Waals surface area contributed by atoms with Crippen molar-refractivity contribution in [3.63, 3.8) is 0 Å². The van der Waals surface area contributed by atoms with Crippen molar-refractivity contribution in [3.8, 4) is 0 Å². The summed E-state index contributed by atoms with van der Waals surface area (Å²) in [4.78, 5) is 0. The smallest absolute Gasteiger partial charge is 0.00362 e. The van der Waals surface area contributed by atoms with Crippen LogP contribution in [-0.2, 0) is 0 Å². The third-order valence-corrected chi connectivity index (χ3v) is 7.29. The van der Waals surface area contributed by atoms with Crippen LogP contribution in [0.2, 0.25) is 0 Å². The Morgan fingerprint density at radius 2 is 0.810 bits per heavy atom. The average Bonchev–Trinajstić information content (AvgIpc) is 2.59. The lowest BCUT2D eigenvalue weighted by Gasteiger charge is -2.53. The van der Waals surface area contributed by atoms with Gasteiger partial charge in [-0.15, -0.1) is 6.58 Å². The van der Waals surface area contributed by atoms with E-state index in [4.69, 9.17) is 0 Å². The molecule has 0 atom stereocenters. The summed E-state index contributed by atoms with van der Waals surface area (Å²) in [5, 5.41) is 0. The summed E-state index contributed by atoms with van der Waals surface area (Å²) in [5.41, 5.74) is 0.515. The Kier molecular flexibility index (Phi) is 5.46. The van der Waals surface area contributed by atoms with E-state index >= 15 is 0 Å². The first-order valence-corrected chi connectivity index (χ1v) is 10.0. The minimum Gasteiger partial charge on any atom is -0.102 e. The fourth-order valence-corrected chi connectivity index (χ4v) is 6.31. The maximum Gasteiger partial charge on any atom is -0.00362 e. The number of hydrogen-bond acceptors (Lipinski definition) is 0. The fourth-order valence-electron chi connectivity index (χ4n) is 6.31. The Morgan fingerprint density at radius 1 is 0.524 bits per heavy atom. The molecule has 3 aliphatic rings. The van der Waals surface area contributed by atoms with E-state index in [1.165, 1.54) is 96.3 Å². The Morgan fingerprint density at radius 3 is 1.05 bits per heavy atom. The third-order valence-electron chi connectivity index (χ3n) is 7.29. The molecule has 21 heavy (non-hydrogen) atoms. The van der Waals surface area contributed by atoms with Crippen molar-refractivity contribution in [2.24, 2.45) is 23.2 Å². The van der Waals surface area contributed by atoms with Gasteiger partial charge in [-0.3, -0.25) is 0 Å². The van der Waals surface area contributed by atoms with Crippen LogP contribution >= 0.6 is 0 Å². The largest absolute Gasteiger partial charge is 0.102 e. The third kappa shape index (κ3) is 3.10. The van der Waals surface area contributed by atoms with Gasteiger partial charge in [0.15, 0.2) is 0 Å². The summed E-state index contributed by atoms with van der Waals surface area (Å²) < 4.78 is 0. The van der Waals surface area contributed by atoms with Gasteiger partial charge in [-0.2, -0.15) is 0 Å². The highest BCUT2D eigenvalue weighted by molar-refractivity contribution is 5.08. The van der Waals surface area contributed by atoms with Gasteiger partial charge in [0.25, 0.3) is 0 Å². The SMILES string of the molecule is C=CC(C1CCCCC1)(C1CCCCC1)C1CCCCC1. The predicted octanol–water partition coefficient (Wildman–Crippen LogP) is 6.90. The number of allylic oxidation sites excluding steroid dienone is 1. The zero-order valence-corrected chi connectivity index (χ0v) is 14.1. The minimum absolute atomic E-state index is 0.515. The van der Waals surface area contributed by atoms with Gasteiger partial charge >= 0.3 is 0 Å². The summed E-state index contributed by atoms with van der Waals surface area (Å²) in [6.07, 6.45) is 24.9. The molecule has 0 spiro atoms. The molecule has 3 saturated carbocycles. The highest BCUT2D eigenvalue weighted by Crippen LogP contribution is 2.57. The highest BCUT2D eigenvalue weighted by Gasteiger charge is 2.48. The predicted molar refractivity (Wildman–Crippen MR) is 92.4 cm³/mol. The molecule has 3 rings (SSSR count). The molecule has 0 radical (unpaired) electrons. The fraction of sp³-hybridized carbons (Fsp3) is 0.905. The van der Waals surface area contributed by atoms with E-state index in [9.17, 15) is 0 Å². The zero-order chi connectivity index (χ0) is 14.5. The Bertz CT molecular complexity index is 265. The van der Waals surface area contributed by atoms with E-state index in [0.29, 0.717) is 5.41 Å². The van der Waals surface area contributed by atoms with Gasteiger partial charge in [0.2, 0.25) is 0 Å². The standard InChI is InChI=1S/C21H36/c1-2-21(18-12-6-3-7-13-18,19-14-8-4-9-15-19)20-16-10-5-11-17-20/h2,18-20H,1,3-17H2. The van der Waals surface area contributed by atoms with Crippen molar-refractivity contribution < 1.29 is 0 Å². The second-order valence-corrected chi connectivity index (χ2v) is 8.21. The molecule has 0 N–H and O–H groups in total. The number of rotatable bonds is 4. The van der Waals surface area contributed by atoms with Crippen molar-refractivity contribution in [3.05, 3.63) is 12.7 Å². The molecule has 0 saturated heterocycles. The van der Waals surface area contributed by atoms with Crippen LogP contribution in [-0.4, -0.2) is 0 Å². The van der Waals surface area contributed by atoms with Crippen molar-refractivity contribution in [1.29, 1.82) is 0 Å². The molecule has 0 aromatic heterocycles. The number of hydrogen-bond donors (Lipinski definition) is 0. The van der Waals surface area contributed by atoms with E-state index in [2.05, 4.69) is 12.7 Å². The molecule has 0 bridgehead atoms. The molecule has 0 aliphatic heterocycles. The first-order chi connectivity index (χ1) is 10.4. The maximum atomic E-state index is 4.46. The van der Waals surface area contributed by atoms with Crippen molar-refractivity contribution in [1.82, 2.24) is 0 Å². The molecule has 0 unspecified atom stereocenters. The van der Waals surface area contributed by atoms with Crippen molar-refractivity contribution >= 4 is 0 Å². The lowest BCUT2D eigenvalue weighted by molar-refractivity contribution is -0.00452. The summed E-state index contributed by atoms with van der Waals surface area (Å²) in [6, 6.07) is 0. The van der Waals surface area contributed by atoms with Gasteiger partial charge in [0.1, 0.15) is 0 Å². The van der Waals surface area contributed by atoms with E-state index in [1.54, 1.807) is 0 Å². The monoisotopic (exact) mass is 288 g/mol. The summed E-state index contributed by atoms with van der Waals surface area (Å²) >= 11 is 0. The first-order valence-electron chi connectivity index (χ1n) is 10.0. The molecule has 3 fully saturated rings. The molecule has 120 valence electrons. The topological polar surface area (TPSA) is 0 Å². The van der Waals surface area contributed by atoms with Crippen LogP contribution in [0.15, 0.2) is 12.7 Å². The summed E-state index contributed by atoms with van der Waals surface area (Å²) in [7, 11) is 0. The average molecular weight is 289 g/mol. The van der Waals surface area contributed by atoms with Gasteiger partial charge in [-0.1, -0.05) is 63.9 Å². The lowest BCUT2D eigenvalue weighted by Crippen LogP contribution is -2.45.